The Labute approximate surface area is 154 Å². The summed E-state index contributed by atoms with van der Waals surface area (Å²) in [5.74, 6) is 2.12. The Hall–Kier alpha value is -2.27. The molecule has 0 bridgehead atoms. The zero-order valence-electron chi connectivity index (χ0n) is 14.9. The number of aliphatic imine (C=N–C) groups is 1. The minimum absolute atomic E-state index is 0.456. The van der Waals surface area contributed by atoms with E-state index < -0.39 is 0 Å². The van der Waals surface area contributed by atoms with Gasteiger partial charge >= 0.3 is 0 Å². The lowest BCUT2D eigenvalue weighted by molar-refractivity contribution is 0.414. The van der Waals surface area contributed by atoms with Gasteiger partial charge in [0.1, 0.15) is 10.9 Å². The Bertz CT molecular complexity index is 671. The number of aromatic nitrogens is 1. The van der Waals surface area contributed by atoms with Crippen molar-refractivity contribution in [1.82, 2.24) is 15.6 Å². The fourth-order valence-electron chi connectivity index (χ4n) is 2.42. The van der Waals surface area contributed by atoms with Gasteiger partial charge in [0.2, 0.25) is 0 Å². The monoisotopic (exact) mass is 360 g/mol. The molecule has 5 nitrogen and oxygen atoms in total. The maximum atomic E-state index is 5.79. The van der Waals surface area contributed by atoms with Gasteiger partial charge in [-0.15, -0.1) is 0 Å². The van der Waals surface area contributed by atoms with E-state index in [-0.39, 0.29) is 0 Å². The third kappa shape index (κ3) is 6.27. The molecule has 0 radical (unpaired) electrons. The second-order valence-electron chi connectivity index (χ2n) is 5.80. The molecule has 0 saturated heterocycles. The molecule has 134 valence electrons. The number of guanidine groups is 1. The standard InChI is InChI=1S/C19H25ClN4O/c1-14(16-5-7-17(25-3)8-6-16)10-11-22-19(21-2)24-13-15-4-9-18(20)23-12-15/h4-9,12,14H,10-11,13H2,1-3H3,(H2,21,22,24). The van der Waals surface area contributed by atoms with Crippen molar-refractivity contribution < 1.29 is 4.74 Å². The number of methoxy groups -OCH3 is 1. The summed E-state index contributed by atoms with van der Waals surface area (Å²) in [5, 5.41) is 7.11. The Kier molecular flexibility index (Phi) is 7.54. The van der Waals surface area contributed by atoms with Crippen molar-refractivity contribution in [1.29, 1.82) is 0 Å². The van der Waals surface area contributed by atoms with E-state index in [1.807, 2.05) is 18.2 Å². The molecule has 2 N–H and O–H groups in total. The van der Waals surface area contributed by atoms with Crippen LogP contribution in [0.2, 0.25) is 5.15 Å². The summed E-state index contributed by atoms with van der Waals surface area (Å²) in [5.41, 5.74) is 2.36. The molecule has 2 rings (SSSR count). The van der Waals surface area contributed by atoms with Gasteiger partial charge in [-0.1, -0.05) is 36.7 Å². The largest absolute Gasteiger partial charge is 0.497 e. The van der Waals surface area contributed by atoms with Crippen molar-refractivity contribution in [3.63, 3.8) is 0 Å². The van der Waals surface area contributed by atoms with Crippen LogP contribution in [-0.4, -0.2) is 31.6 Å². The molecule has 1 unspecified atom stereocenters. The number of hydrogen-bond donors (Lipinski definition) is 2. The molecule has 0 fully saturated rings. The van der Waals surface area contributed by atoms with E-state index in [2.05, 4.69) is 39.7 Å². The summed E-state index contributed by atoms with van der Waals surface area (Å²) < 4.78 is 5.20. The van der Waals surface area contributed by atoms with E-state index in [0.717, 1.165) is 30.2 Å². The van der Waals surface area contributed by atoms with Crippen LogP contribution in [0.15, 0.2) is 47.6 Å². The third-order valence-corrected chi connectivity index (χ3v) is 4.25. The number of nitrogens with one attached hydrogen (secondary N) is 2. The third-order valence-electron chi connectivity index (χ3n) is 4.03. The van der Waals surface area contributed by atoms with Gasteiger partial charge in [-0.2, -0.15) is 0 Å². The van der Waals surface area contributed by atoms with Crippen molar-refractivity contribution in [2.75, 3.05) is 20.7 Å². The summed E-state index contributed by atoms with van der Waals surface area (Å²) in [7, 11) is 3.45. The van der Waals surface area contributed by atoms with E-state index >= 15 is 0 Å². The van der Waals surface area contributed by atoms with Crippen LogP contribution < -0.4 is 15.4 Å². The predicted octanol–water partition coefficient (Wildman–Crippen LogP) is 3.60. The van der Waals surface area contributed by atoms with Crippen molar-refractivity contribution in [3.8, 4) is 5.75 Å². The van der Waals surface area contributed by atoms with Gasteiger partial charge < -0.3 is 15.4 Å². The Balaban J connectivity index is 1.75. The normalized spacial score (nSPS) is 12.6. The highest BCUT2D eigenvalue weighted by atomic mass is 35.5. The first-order chi connectivity index (χ1) is 12.1. The molecule has 1 aromatic heterocycles. The molecular formula is C19H25ClN4O. The summed E-state index contributed by atoms with van der Waals surface area (Å²) in [6, 6.07) is 12.0. The van der Waals surface area contributed by atoms with Crippen molar-refractivity contribution >= 4 is 17.6 Å². The van der Waals surface area contributed by atoms with E-state index in [0.29, 0.717) is 17.6 Å². The molecule has 6 heteroatoms. The molecule has 0 spiro atoms. The van der Waals surface area contributed by atoms with Crippen LogP contribution in [0.1, 0.15) is 30.4 Å². The first-order valence-electron chi connectivity index (χ1n) is 8.31. The van der Waals surface area contributed by atoms with Crippen LogP contribution in [0.25, 0.3) is 0 Å². The predicted molar refractivity (Wildman–Crippen MR) is 103 cm³/mol. The number of rotatable bonds is 7. The van der Waals surface area contributed by atoms with Crippen LogP contribution in [-0.2, 0) is 6.54 Å². The van der Waals surface area contributed by atoms with Gasteiger partial charge in [0.15, 0.2) is 5.96 Å². The number of hydrogen-bond acceptors (Lipinski definition) is 3. The Morgan fingerprint density at radius 2 is 1.96 bits per heavy atom. The number of ether oxygens (including phenoxy) is 1. The lowest BCUT2D eigenvalue weighted by Gasteiger charge is -2.15. The highest BCUT2D eigenvalue weighted by Crippen LogP contribution is 2.21. The average Bonchev–Trinajstić information content (AvgIpc) is 2.65. The Morgan fingerprint density at radius 1 is 1.20 bits per heavy atom. The molecule has 0 saturated carbocycles. The second kappa shape index (κ2) is 9.89. The summed E-state index contributed by atoms with van der Waals surface area (Å²) in [6.45, 7) is 3.71. The summed E-state index contributed by atoms with van der Waals surface area (Å²) >= 11 is 5.79. The quantitative estimate of drug-likeness (QED) is 0.450. The number of nitrogens with zero attached hydrogens (tertiary/aromatic N) is 2. The first kappa shape index (κ1) is 19.1. The van der Waals surface area contributed by atoms with E-state index in [9.17, 15) is 0 Å². The molecule has 0 amide bonds. The molecule has 0 aliphatic rings. The first-order valence-corrected chi connectivity index (χ1v) is 8.69. The number of benzene rings is 1. The van der Waals surface area contributed by atoms with Crippen LogP contribution in [0.4, 0.5) is 0 Å². The van der Waals surface area contributed by atoms with Crippen LogP contribution in [0, 0.1) is 0 Å². The van der Waals surface area contributed by atoms with Gasteiger partial charge in [0.05, 0.1) is 7.11 Å². The highest BCUT2D eigenvalue weighted by molar-refractivity contribution is 6.29. The summed E-state index contributed by atoms with van der Waals surface area (Å²) in [4.78, 5) is 8.31. The number of halogens is 1. The zero-order chi connectivity index (χ0) is 18.1. The van der Waals surface area contributed by atoms with E-state index in [1.54, 1.807) is 26.4 Å². The minimum atomic E-state index is 0.456. The van der Waals surface area contributed by atoms with E-state index in [4.69, 9.17) is 16.3 Å². The van der Waals surface area contributed by atoms with Gasteiger partial charge in [0.25, 0.3) is 0 Å². The molecule has 2 aromatic rings. The van der Waals surface area contributed by atoms with Crippen LogP contribution in [0.3, 0.4) is 0 Å². The lowest BCUT2D eigenvalue weighted by Crippen LogP contribution is -2.37. The SMILES string of the molecule is CN=C(NCCC(C)c1ccc(OC)cc1)NCc1ccc(Cl)nc1. The minimum Gasteiger partial charge on any atom is -0.497 e. The maximum absolute atomic E-state index is 5.79. The fraction of sp³-hybridized carbons (Fsp3) is 0.368. The molecular weight excluding hydrogens is 336 g/mol. The Morgan fingerprint density at radius 3 is 2.56 bits per heavy atom. The lowest BCUT2D eigenvalue weighted by atomic mass is 9.98. The molecule has 0 aliphatic carbocycles. The maximum Gasteiger partial charge on any atom is 0.191 e. The topological polar surface area (TPSA) is 58.5 Å². The van der Waals surface area contributed by atoms with Gasteiger partial charge in [-0.05, 0) is 41.7 Å². The fourth-order valence-corrected chi connectivity index (χ4v) is 2.54. The van der Waals surface area contributed by atoms with Crippen LogP contribution >= 0.6 is 11.6 Å². The van der Waals surface area contributed by atoms with Crippen molar-refractivity contribution in [2.24, 2.45) is 4.99 Å². The van der Waals surface area contributed by atoms with Gasteiger partial charge in [-0.3, -0.25) is 4.99 Å². The summed E-state index contributed by atoms with van der Waals surface area (Å²) in [6.07, 6.45) is 2.77. The van der Waals surface area contributed by atoms with Crippen molar-refractivity contribution in [2.45, 2.75) is 25.8 Å². The smallest absolute Gasteiger partial charge is 0.191 e. The molecule has 1 aromatic carbocycles. The highest BCUT2D eigenvalue weighted by Gasteiger charge is 2.06. The molecule has 25 heavy (non-hydrogen) atoms. The average molecular weight is 361 g/mol. The zero-order valence-corrected chi connectivity index (χ0v) is 15.7. The molecule has 0 aliphatic heterocycles. The number of pyridine rings is 1. The van der Waals surface area contributed by atoms with Gasteiger partial charge in [0, 0.05) is 26.3 Å². The second-order valence-corrected chi connectivity index (χ2v) is 6.19. The molecule has 1 atom stereocenters. The van der Waals surface area contributed by atoms with E-state index in [1.165, 1.54) is 5.56 Å². The molecule has 1 heterocycles. The van der Waals surface area contributed by atoms with Gasteiger partial charge in [-0.25, -0.2) is 4.98 Å². The van der Waals surface area contributed by atoms with Crippen molar-refractivity contribution in [3.05, 3.63) is 58.9 Å². The van der Waals surface area contributed by atoms with Crippen LogP contribution in [0.5, 0.6) is 5.75 Å².